The number of amides is 2. The molecule has 1 aliphatic carbocycles. The molecule has 1 fully saturated rings. The fraction of sp³-hybridized carbons (Fsp3) is 0.464. The van der Waals surface area contributed by atoms with E-state index in [1.165, 1.54) is 11.1 Å². The zero-order valence-electron chi connectivity index (χ0n) is 20.2. The van der Waals surface area contributed by atoms with Crippen molar-refractivity contribution >= 4 is 18.0 Å². The van der Waals surface area contributed by atoms with Crippen LogP contribution in [0.5, 0.6) is 0 Å². The lowest BCUT2D eigenvalue weighted by Gasteiger charge is -2.32. The Morgan fingerprint density at radius 1 is 1.03 bits per heavy atom. The van der Waals surface area contributed by atoms with Gasteiger partial charge in [0.05, 0.1) is 0 Å². The molecular weight excluding hydrogens is 444 g/mol. The van der Waals surface area contributed by atoms with E-state index in [-0.39, 0.29) is 37.3 Å². The standard InChI is InChI=1S/C28H34N2O5/c1-2-20(17-26(31)30-15-13-19(14-16-30)11-12-27(32)33)29-28(34)35-18-25-23-9-5-3-7-21(23)22-8-4-6-10-24(22)25/h3-10,19-20,25H,2,11-18H2,1H3,(H,29,34)(H,32,33)/t20-/m0/s1. The van der Waals surface area contributed by atoms with Crippen LogP contribution in [0.25, 0.3) is 11.1 Å². The number of piperidine rings is 1. The second kappa shape index (κ2) is 11.4. The number of rotatable bonds is 9. The molecule has 0 bridgehead atoms. The molecule has 7 heteroatoms. The Morgan fingerprint density at radius 2 is 1.63 bits per heavy atom. The van der Waals surface area contributed by atoms with Crippen LogP contribution in [0.1, 0.15) is 62.5 Å². The number of nitrogens with one attached hydrogen (secondary N) is 1. The van der Waals surface area contributed by atoms with Crippen LogP contribution in [0.4, 0.5) is 4.79 Å². The van der Waals surface area contributed by atoms with Crippen LogP contribution in [-0.2, 0) is 14.3 Å². The molecule has 0 radical (unpaired) electrons. The number of carbonyl (C=O) groups is 3. The van der Waals surface area contributed by atoms with Crippen molar-refractivity contribution in [3.63, 3.8) is 0 Å². The predicted molar refractivity (Wildman–Crippen MR) is 133 cm³/mol. The third-order valence-electron chi connectivity index (χ3n) is 7.31. The van der Waals surface area contributed by atoms with Gasteiger partial charge in [-0.25, -0.2) is 4.79 Å². The van der Waals surface area contributed by atoms with Gasteiger partial charge in [0.15, 0.2) is 0 Å². The zero-order chi connectivity index (χ0) is 24.8. The minimum atomic E-state index is -0.770. The van der Waals surface area contributed by atoms with Gasteiger partial charge in [0.1, 0.15) is 6.61 Å². The van der Waals surface area contributed by atoms with Crippen LogP contribution in [-0.4, -0.2) is 53.7 Å². The SMILES string of the molecule is CC[C@@H](CC(=O)N1CCC(CCC(=O)O)CC1)NC(=O)OCC1c2ccccc2-c2ccccc21. The molecule has 1 atom stereocenters. The van der Waals surface area contributed by atoms with Gasteiger partial charge in [0.2, 0.25) is 5.91 Å². The summed E-state index contributed by atoms with van der Waals surface area (Å²) < 4.78 is 5.64. The summed E-state index contributed by atoms with van der Waals surface area (Å²) >= 11 is 0. The van der Waals surface area contributed by atoms with Crippen LogP contribution in [0.2, 0.25) is 0 Å². The van der Waals surface area contributed by atoms with Gasteiger partial charge in [0.25, 0.3) is 0 Å². The number of likely N-dealkylation sites (tertiary alicyclic amines) is 1. The van der Waals surface area contributed by atoms with E-state index in [0.717, 1.165) is 24.0 Å². The summed E-state index contributed by atoms with van der Waals surface area (Å²) in [7, 11) is 0. The maximum absolute atomic E-state index is 12.8. The molecule has 2 amide bonds. The molecule has 7 nitrogen and oxygen atoms in total. The maximum Gasteiger partial charge on any atom is 0.407 e. The van der Waals surface area contributed by atoms with Crippen molar-refractivity contribution in [3.8, 4) is 11.1 Å². The normalized spacial score (nSPS) is 16.3. The van der Waals surface area contributed by atoms with Crippen LogP contribution in [0.3, 0.4) is 0 Å². The van der Waals surface area contributed by atoms with Gasteiger partial charge >= 0.3 is 12.1 Å². The van der Waals surface area contributed by atoms with Gasteiger partial charge in [-0.05, 0) is 53.9 Å². The van der Waals surface area contributed by atoms with Crippen molar-refractivity contribution in [1.29, 1.82) is 0 Å². The molecule has 2 N–H and O–H groups in total. The number of hydrogen-bond acceptors (Lipinski definition) is 4. The molecule has 2 aromatic carbocycles. The molecule has 1 saturated heterocycles. The number of hydrogen-bond donors (Lipinski definition) is 2. The number of nitrogens with zero attached hydrogens (tertiary/aromatic N) is 1. The lowest BCUT2D eigenvalue weighted by molar-refractivity contribution is -0.138. The van der Waals surface area contributed by atoms with Crippen molar-refractivity contribution in [2.45, 2.75) is 57.4 Å². The van der Waals surface area contributed by atoms with Crippen molar-refractivity contribution < 1.29 is 24.2 Å². The van der Waals surface area contributed by atoms with Crippen molar-refractivity contribution in [1.82, 2.24) is 10.2 Å². The Balaban J connectivity index is 1.26. The molecule has 2 aromatic rings. The summed E-state index contributed by atoms with van der Waals surface area (Å²) in [5.74, 6) is -0.394. The number of ether oxygens (including phenoxy) is 1. The highest BCUT2D eigenvalue weighted by Crippen LogP contribution is 2.44. The molecule has 0 spiro atoms. The highest BCUT2D eigenvalue weighted by atomic mass is 16.5. The Kier molecular flexibility index (Phi) is 8.06. The van der Waals surface area contributed by atoms with Crippen LogP contribution in [0.15, 0.2) is 48.5 Å². The summed E-state index contributed by atoms with van der Waals surface area (Å²) in [5.41, 5.74) is 4.69. The third kappa shape index (κ3) is 6.02. The minimum absolute atomic E-state index is 0.00252. The van der Waals surface area contributed by atoms with Gasteiger partial charge < -0.3 is 20.1 Å². The molecule has 1 heterocycles. The molecule has 2 aliphatic rings. The first-order chi connectivity index (χ1) is 17.0. The van der Waals surface area contributed by atoms with Gasteiger partial charge in [-0.1, -0.05) is 55.5 Å². The summed E-state index contributed by atoms with van der Waals surface area (Å²) in [6.07, 6.45) is 2.87. The number of carboxylic acids is 1. The molecule has 0 aromatic heterocycles. The smallest absolute Gasteiger partial charge is 0.407 e. The largest absolute Gasteiger partial charge is 0.481 e. The Hall–Kier alpha value is -3.35. The Labute approximate surface area is 206 Å². The summed E-state index contributed by atoms with van der Waals surface area (Å²) in [5, 5.41) is 11.7. The number of alkyl carbamates (subject to hydrolysis) is 1. The van der Waals surface area contributed by atoms with E-state index >= 15 is 0 Å². The Bertz CT molecular complexity index is 1020. The highest BCUT2D eigenvalue weighted by molar-refractivity contribution is 5.79. The van der Waals surface area contributed by atoms with E-state index in [1.807, 2.05) is 36.1 Å². The second-order valence-corrected chi connectivity index (χ2v) is 9.54. The number of benzene rings is 2. The van der Waals surface area contributed by atoms with Gasteiger partial charge in [-0.3, -0.25) is 9.59 Å². The molecule has 0 unspecified atom stereocenters. The van der Waals surface area contributed by atoms with E-state index in [4.69, 9.17) is 9.84 Å². The Morgan fingerprint density at radius 3 is 2.20 bits per heavy atom. The first kappa shape index (κ1) is 24.8. The van der Waals surface area contributed by atoms with E-state index in [9.17, 15) is 14.4 Å². The van der Waals surface area contributed by atoms with Crippen LogP contribution in [0, 0.1) is 5.92 Å². The zero-order valence-corrected chi connectivity index (χ0v) is 20.2. The lowest BCUT2D eigenvalue weighted by Crippen LogP contribution is -2.43. The average molecular weight is 479 g/mol. The molecule has 35 heavy (non-hydrogen) atoms. The van der Waals surface area contributed by atoms with E-state index in [1.54, 1.807) is 0 Å². The van der Waals surface area contributed by atoms with E-state index in [0.29, 0.717) is 31.8 Å². The molecule has 4 rings (SSSR count). The first-order valence-corrected chi connectivity index (χ1v) is 12.6. The van der Waals surface area contributed by atoms with E-state index in [2.05, 4.69) is 29.6 Å². The quantitative estimate of drug-likeness (QED) is 0.540. The number of aliphatic carboxylic acids is 1. The molecule has 186 valence electrons. The average Bonchev–Trinajstić information content (AvgIpc) is 3.19. The molecule has 0 saturated carbocycles. The van der Waals surface area contributed by atoms with Crippen LogP contribution >= 0.6 is 0 Å². The monoisotopic (exact) mass is 478 g/mol. The van der Waals surface area contributed by atoms with Crippen molar-refractivity contribution in [3.05, 3.63) is 59.7 Å². The second-order valence-electron chi connectivity index (χ2n) is 9.54. The third-order valence-corrected chi connectivity index (χ3v) is 7.31. The number of carbonyl (C=O) groups excluding carboxylic acids is 2. The fourth-order valence-corrected chi connectivity index (χ4v) is 5.24. The lowest BCUT2D eigenvalue weighted by atomic mass is 9.92. The summed E-state index contributed by atoms with van der Waals surface area (Å²) in [4.78, 5) is 38.0. The fourth-order valence-electron chi connectivity index (χ4n) is 5.24. The number of carboxylic acid groups (broad SMARTS) is 1. The summed E-state index contributed by atoms with van der Waals surface area (Å²) in [6, 6.07) is 16.1. The highest BCUT2D eigenvalue weighted by Gasteiger charge is 2.30. The molecular formula is C28H34N2O5. The topological polar surface area (TPSA) is 95.9 Å². The van der Waals surface area contributed by atoms with Gasteiger partial charge in [-0.2, -0.15) is 0 Å². The summed E-state index contributed by atoms with van der Waals surface area (Å²) in [6.45, 7) is 3.48. The number of fused-ring (bicyclic) bond motifs is 3. The van der Waals surface area contributed by atoms with Gasteiger partial charge in [0, 0.05) is 37.9 Å². The first-order valence-electron chi connectivity index (χ1n) is 12.6. The van der Waals surface area contributed by atoms with Crippen molar-refractivity contribution in [2.75, 3.05) is 19.7 Å². The van der Waals surface area contributed by atoms with Gasteiger partial charge in [-0.15, -0.1) is 0 Å². The van der Waals surface area contributed by atoms with Crippen LogP contribution < -0.4 is 5.32 Å². The van der Waals surface area contributed by atoms with Crippen molar-refractivity contribution in [2.24, 2.45) is 5.92 Å². The maximum atomic E-state index is 12.8. The minimum Gasteiger partial charge on any atom is -0.481 e. The molecule has 1 aliphatic heterocycles. The predicted octanol–water partition coefficient (Wildman–Crippen LogP) is 4.80. The van der Waals surface area contributed by atoms with E-state index < -0.39 is 12.1 Å².